The molecule has 0 aliphatic heterocycles. The van der Waals surface area contributed by atoms with Gasteiger partial charge in [-0.25, -0.2) is 21.6 Å². The first-order valence-electron chi connectivity index (χ1n) is 5.57. The molecule has 1 aromatic rings. The largest absolute Gasteiger partial charge is 0.323 e. The summed E-state index contributed by atoms with van der Waals surface area (Å²) in [4.78, 5) is -0.229. The summed E-state index contributed by atoms with van der Waals surface area (Å²) in [5, 5.41) is 0. The molecule has 1 fully saturated rings. The van der Waals surface area contributed by atoms with Gasteiger partial charge in [0.15, 0.2) is 9.84 Å². The molecule has 0 aromatic heterocycles. The molecule has 19 heavy (non-hydrogen) atoms. The predicted octanol–water partition coefficient (Wildman–Crippen LogP) is -0.184. The molecule has 106 valence electrons. The molecule has 1 aliphatic rings. The van der Waals surface area contributed by atoms with Gasteiger partial charge in [-0.1, -0.05) is 0 Å². The fourth-order valence-electron chi connectivity index (χ4n) is 1.56. The minimum absolute atomic E-state index is 0.0670. The molecule has 9 heteroatoms. The van der Waals surface area contributed by atoms with Crippen LogP contribution in [0.1, 0.15) is 12.8 Å². The molecule has 0 amide bonds. The molecule has 1 aliphatic carbocycles. The SMILES string of the molecule is CS(=O)(=O)c1ccc(NN)c(S(=O)(=O)NC2CC2)c1. The lowest BCUT2D eigenvalue weighted by Gasteiger charge is -2.12. The maximum absolute atomic E-state index is 12.1. The summed E-state index contributed by atoms with van der Waals surface area (Å²) < 4.78 is 49.7. The van der Waals surface area contributed by atoms with E-state index >= 15 is 0 Å². The van der Waals surface area contributed by atoms with Gasteiger partial charge < -0.3 is 5.43 Å². The van der Waals surface area contributed by atoms with Crippen LogP contribution in [0.5, 0.6) is 0 Å². The van der Waals surface area contributed by atoms with Gasteiger partial charge in [0.25, 0.3) is 0 Å². The Kier molecular flexibility index (Phi) is 3.56. The van der Waals surface area contributed by atoms with Crippen LogP contribution in [0.3, 0.4) is 0 Å². The Morgan fingerprint density at radius 2 is 1.84 bits per heavy atom. The third-order valence-electron chi connectivity index (χ3n) is 2.73. The third kappa shape index (κ3) is 3.24. The van der Waals surface area contributed by atoms with Crippen molar-refractivity contribution < 1.29 is 16.8 Å². The Hall–Kier alpha value is -1.16. The highest BCUT2D eigenvalue weighted by molar-refractivity contribution is 7.91. The van der Waals surface area contributed by atoms with Crippen molar-refractivity contribution in [2.75, 3.05) is 11.7 Å². The number of anilines is 1. The molecule has 0 bridgehead atoms. The fourth-order valence-corrected chi connectivity index (χ4v) is 3.78. The van der Waals surface area contributed by atoms with E-state index in [0.29, 0.717) is 0 Å². The van der Waals surface area contributed by atoms with E-state index < -0.39 is 19.9 Å². The van der Waals surface area contributed by atoms with Crippen LogP contribution in [-0.2, 0) is 19.9 Å². The molecular formula is C10H15N3O4S2. The molecule has 1 saturated carbocycles. The number of hydrogen-bond acceptors (Lipinski definition) is 6. The zero-order chi connectivity index (χ0) is 14.3. The summed E-state index contributed by atoms with van der Waals surface area (Å²) in [5.74, 6) is 5.26. The topological polar surface area (TPSA) is 118 Å². The van der Waals surface area contributed by atoms with Crippen molar-refractivity contribution in [2.24, 2.45) is 5.84 Å². The number of nitrogens with two attached hydrogens (primary N) is 1. The molecule has 0 unspecified atom stereocenters. The predicted molar refractivity (Wildman–Crippen MR) is 70.7 cm³/mol. The Balaban J connectivity index is 2.52. The number of rotatable bonds is 5. The van der Waals surface area contributed by atoms with Crippen molar-refractivity contribution in [3.05, 3.63) is 18.2 Å². The van der Waals surface area contributed by atoms with E-state index in [-0.39, 0.29) is 21.5 Å². The van der Waals surface area contributed by atoms with E-state index in [1.165, 1.54) is 12.1 Å². The standard InChI is InChI=1S/C10H15N3O4S2/c1-18(14,15)8-4-5-9(12-11)10(6-8)19(16,17)13-7-2-3-7/h4-7,12-13H,2-3,11H2,1H3. The Morgan fingerprint density at radius 1 is 1.21 bits per heavy atom. The van der Waals surface area contributed by atoms with Crippen LogP contribution in [0.2, 0.25) is 0 Å². The van der Waals surface area contributed by atoms with E-state index in [4.69, 9.17) is 5.84 Å². The van der Waals surface area contributed by atoms with Crippen LogP contribution in [0, 0.1) is 0 Å². The molecule has 7 nitrogen and oxygen atoms in total. The molecular weight excluding hydrogens is 290 g/mol. The maximum atomic E-state index is 12.1. The Morgan fingerprint density at radius 3 is 2.32 bits per heavy atom. The zero-order valence-corrected chi connectivity index (χ0v) is 11.9. The summed E-state index contributed by atoms with van der Waals surface area (Å²) in [6.45, 7) is 0. The van der Waals surface area contributed by atoms with Gasteiger partial charge in [0.1, 0.15) is 4.90 Å². The lowest BCUT2D eigenvalue weighted by Crippen LogP contribution is -2.27. The van der Waals surface area contributed by atoms with Crippen molar-refractivity contribution in [3.63, 3.8) is 0 Å². The molecule has 4 N–H and O–H groups in total. The lowest BCUT2D eigenvalue weighted by atomic mass is 10.3. The van der Waals surface area contributed by atoms with Gasteiger partial charge in [-0.2, -0.15) is 0 Å². The average molecular weight is 305 g/mol. The smallest absolute Gasteiger partial charge is 0.242 e. The van der Waals surface area contributed by atoms with Crippen LogP contribution < -0.4 is 16.0 Å². The Labute approximate surface area is 112 Å². The number of hydrogen-bond donors (Lipinski definition) is 3. The average Bonchev–Trinajstić information content (AvgIpc) is 3.10. The second-order valence-corrected chi connectivity index (χ2v) is 8.17. The number of nitrogen functional groups attached to an aromatic ring is 1. The van der Waals surface area contributed by atoms with Gasteiger partial charge >= 0.3 is 0 Å². The van der Waals surface area contributed by atoms with Gasteiger partial charge in [0.05, 0.1) is 10.6 Å². The lowest BCUT2D eigenvalue weighted by molar-refractivity contribution is 0.581. The van der Waals surface area contributed by atoms with Crippen LogP contribution in [0.4, 0.5) is 5.69 Å². The highest BCUT2D eigenvalue weighted by Crippen LogP contribution is 2.27. The first-order valence-corrected chi connectivity index (χ1v) is 8.94. The van der Waals surface area contributed by atoms with E-state index in [2.05, 4.69) is 10.1 Å². The monoisotopic (exact) mass is 305 g/mol. The molecule has 0 atom stereocenters. The number of sulfonamides is 1. The quantitative estimate of drug-likeness (QED) is 0.513. The Bertz CT molecular complexity index is 693. The van der Waals surface area contributed by atoms with Crippen LogP contribution >= 0.6 is 0 Å². The summed E-state index contributed by atoms with van der Waals surface area (Å²) in [6.07, 6.45) is 2.59. The molecule has 0 saturated heterocycles. The van der Waals surface area contributed by atoms with Crippen molar-refractivity contribution in [3.8, 4) is 0 Å². The number of hydrazine groups is 1. The summed E-state index contributed by atoms with van der Waals surface area (Å²) in [6, 6.07) is 3.67. The van der Waals surface area contributed by atoms with Crippen molar-refractivity contribution in [2.45, 2.75) is 28.7 Å². The second kappa shape index (κ2) is 4.75. The first kappa shape index (κ1) is 14.3. The minimum atomic E-state index is -3.78. The fraction of sp³-hybridized carbons (Fsp3) is 0.400. The van der Waals surface area contributed by atoms with E-state index in [0.717, 1.165) is 25.2 Å². The van der Waals surface area contributed by atoms with E-state index in [1.807, 2.05) is 0 Å². The molecule has 1 aromatic carbocycles. The third-order valence-corrected chi connectivity index (χ3v) is 5.40. The van der Waals surface area contributed by atoms with E-state index in [1.54, 1.807) is 0 Å². The minimum Gasteiger partial charge on any atom is -0.323 e. The maximum Gasteiger partial charge on any atom is 0.242 e. The second-order valence-electron chi connectivity index (χ2n) is 4.47. The summed E-state index contributed by atoms with van der Waals surface area (Å²) in [7, 11) is -7.26. The van der Waals surface area contributed by atoms with Gasteiger partial charge in [0, 0.05) is 12.3 Å². The molecule has 0 heterocycles. The van der Waals surface area contributed by atoms with Crippen molar-refractivity contribution >= 4 is 25.5 Å². The van der Waals surface area contributed by atoms with Crippen LogP contribution in [0.15, 0.2) is 28.0 Å². The first-order chi connectivity index (χ1) is 8.74. The van der Waals surface area contributed by atoms with Crippen molar-refractivity contribution in [1.82, 2.24) is 4.72 Å². The number of nitrogens with one attached hydrogen (secondary N) is 2. The number of benzene rings is 1. The normalized spacial score (nSPS) is 16.3. The highest BCUT2D eigenvalue weighted by atomic mass is 32.2. The summed E-state index contributed by atoms with van der Waals surface area (Å²) in [5.41, 5.74) is 2.41. The highest BCUT2D eigenvalue weighted by Gasteiger charge is 2.30. The van der Waals surface area contributed by atoms with Gasteiger partial charge in [-0.15, -0.1) is 0 Å². The molecule has 2 rings (SSSR count). The van der Waals surface area contributed by atoms with E-state index in [9.17, 15) is 16.8 Å². The number of sulfone groups is 1. The van der Waals surface area contributed by atoms with Gasteiger partial charge in [-0.3, -0.25) is 5.84 Å². The molecule has 0 spiro atoms. The summed E-state index contributed by atoms with van der Waals surface area (Å²) >= 11 is 0. The van der Waals surface area contributed by atoms with Crippen LogP contribution in [0.25, 0.3) is 0 Å². The van der Waals surface area contributed by atoms with Gasteiger partial charge in [0.2, 0.25) is 10.0 Å². The zero-order valence-electron chi connectivity index (χ0n) is 10.3. The van der Waals surface area contributed by atoms with Crippen LogP contribution in [-0.4, -0.2) is 29.1 Å². The van der Waals surface area contributed by atoms with Gasteiger partial charge in [-0.05, 0) is 31.0 Å². The van der Waals surface area contributed by atoms with Crippen molar-refractivity contribution in [1.29, 1.82) is 0 Å². The molecule has 0 radical (unpaired) electrons.